The van der Waals surface area contributed by atoms with Crippen LogP contribution in [0.1, 0.15) is 0 Å². The van der Waals surface area contributed by atoms with Crippen molar-refractivity contribution in [3.05, 3.63) is 109 Å². The number of hydrogen-bond acceptors (Lipinski definition) is 12. The molecule has 0 saturated heterocycles. The molecule has 4 aromatic rings. The van der Waals surface area contributed by atoms with Crippen LogP contribution < -0.4 is 78.1 Å². The Hall–Kier alpha value is -1.92. The Morgan fingerprint density at radius 1 is 0.476 bits per heavy atom. The number of hydrogen-bond donors (Lipinski definition) is 0. The van der Waals surface area contributed by atoms with Gasteiger partial charge in [-0.05, 0) is 60.7 Å². The molecule has 0 N–H and O–H groups in total. The van der Waals surface area contributed by atoms with Crippen molar-refractivity contribution in [2.45, 2.75) is 9.79 Å². The second-order valence-corrected chi connectivity index (χ2v) is 10.8. The molecule has 4 rings (SSSR count). The number of rotatable bonds is 6. The van der Waals surface area contributed by atoms with Crippen molar-refractivity contribution in [2.75, 3.05) is 0 Å². The summed E-state index contributed by atoms with van der Waals surface area (Å²) in [5.74, 6) is 1.21. The second-order valence-electron chi connectivity index (χ2n) is 7.39. The molecule has 0 aliphatic carbocycles. The molecular formula is C26H18Na2O10S4. The molecule has 0 aliphatic heterocycles. The molecule has 4 aromatic carbocycles. The molecule has 0 atom stereocenters. The first-order valence-corrected chi connectivity index (χ1v) is 14.5. The van der Waals surface area contributed by atoms with Gasteiger partial charge < -0.3 is 28.1 Å². The first-order valence-electron chi connectivity index (χ1n) is 10.9. The predicted octanol–water partition coefficient (Wildman–Crippen LogP) is -1.33. The SMILES string of the molecule is O=S(=O)([O-])c1cccc(OC(=S)Oc2ccccc2)c1.O=S(=O)([O-])c1cccc(OC(=S)Oc2ccccc2)c1.[Na+].[Na+]. The van der Waals surface area contributed by atoms with Crippen molar-refractivity contribution in [1.29, 1.82) is 0 Å². The first-order chi connectivity index (χ1) is 18.9. The van der Waals surface area contributed by atoms with E-state index in [4.69, 9.17) is 43.4 Å². The van der Waals surface area contributed by atoms with Gasteiger partial charge in [-0.1, -0.05) is 48.5 Å². The summed E-state index contributed by atoms with van der Waals surface area (Å²) in [7, 11) is -9.07. The largest absolute Gasteiger partial charge is 1.00 e. The topological polar surface area (TPSA) is 151 Å². The molecule has 0 aliphatic rings. The Morgan fingerprint density at radius 2 is 0.762 bits per heavy atom. The summed E-state index contributed by atoms with van der Waals surface area (Å²) < 4.78 is 86.1. The molecule has 10 nitrogen and oxygen atoms in total. The fraction of sp³-hybridized carbons (Fsp3) is 0. The van der Waals surface area contributed by atoms with Gasteiger partial charge in [0, 0.05) is 24.4 Å². The van der Waals surface area contributed by atoms with E-state index in [1.165, 1.54) is 36.4 Å². The normalized spacial score (nSPS) is 10.3. The van der Waals surface area contributed by atoms with Gasteiger partial charge in [0.2, 0.25) is 0 Å². The summed E-state index contributed by atoms with van der Waals surface area (Å²) in [6.07, 6.45) is 0. The number of thiocarbonyl (C=S) groups is 2. The summed E-state index contributed by atoms with van der Waals surface area (Å²) in [6, 6.07) is 27.7. The fourth-order valence-corrected chi connectivity index (χ4v) is 4.19. The third-order valence-electron chi connectivity index (χ3n) is 4.48. The summed E-state index contributed by atoms with van der Waals surface area (Å²) in [5.41, 5.74) is 0. The Bertz CT molecular complexity index is 1560. The molecule has 208 valence electrons. The molecule has 42 heavy (non-hydrogen) atoms. The van der Waals surface area contributed by atoms with Crippen molar-refractivity contribution >= 4 is 55.1 Å². The minimum Gasteiger partial charge on any atom is -0.744 e. The van der Waals surface area contributed by atoms with Crippen molar-refractivity contribution in [3.8, 4) is 23.0 Å². The smallest absolute Gasteiger partial charge is 0.744 e. The zero-order chi connectivity index (χ0) is 29.2. The van der Waals surface area contributed by atoms with Crippen molar-refractivity contribution in [3.63, 3.8) is 0 Å². The van der Waals surface area contributed by atoms with E-state index in [1.807, 2.05) is 12.1 Å². The van der Waals surface area contributed by atoms with Gasteiger partial charge in [0.1, 0.15) is 43.2 Å². The second kappa shape index (κ2) is 18.0. The molecule has 0 amide bonds. The molecular weight excluding hydrogens is 647 g/mol. The van der Waals surface area contributed by atoms with Gasteiger partial charge in [-0.25, -0.2) is 16.8 Å². The van der Waals surface area contributed by atoms with Gasteiger partial charge in [0.15, 0.2) is 0 Å². The summed E-state index contributed by atoms with van der Waals surface area (Å²) in [5, 5.41) is -0.395. The third kappa shape index (κ3) is 13.6. The quantitative estimate of drug-likeness (QED) is 0.137. The maximum Gasteiger partial charge on any atom is 1.00 e. The van der Waals surface area contributed by atoms with Crippen LogP contribution in [0.2, 0.25) is 0 Å². The maximum absolute atomic E-state index is 10.9. The van der Waals surface area contributed by atoms with Crippen LogP contribution in [0.25, 0.3) is 0 Å². The van der Waals surface area contributed by atoms with Crippen LogP contribution >= 0.6 is 24.4 Å². The van der Waals surface area contributed by atoms with Gasteiger partial charge in [0.25, 0.3) is 0 Å². The van der Waals surface area contributed by atoms with E-state index in [0.717, 1.165) is 12.1 Å². The molecule has 0 saturated carbocycles. The Morgan fingerprint density at radius 3 is 1.07 bits per heavy atom. The van der Waals surface area contributed by atoms with Crippen LogP contribution in [-0.2, 0) is 20.2 Å². The third-order valence-corrected chi connectivity index (χ3v) is 6.48. The number of benzene rings is 4. The van der Waals surface area contributed by atoms with Gasteiger partial charge in [-0.15, -0.1) is 0 Å². The minimum absolute atomic E-state index is 0. The molecule has 0 bridgehead atoms. The van der Waals surface area contributed by atoms with E-state index in [2.05, 4.69) is 0 Å². The zero-order valence-corrected chi connectivity index (χ0v) is 29.4. The maximum atomic E-state index is 10.9. The van der Waals surface area contributed by atoms with Crippen LogP contribution in [-0.4, -0.2) is 36.4 Å². The zero-order valence-electron chi connectivity index (χ0n) is 22.1. The van der Waals surface area contributed by atoms with Crippen LogP contribution in [0.5, 0.6) is 23.0 Å². The molecule has 0 heterocycles. The van der Waals surface area contributed by atoms with E-state index >= 15 is 0 Å². The Labute approximate surface area is 298 Å². The van der Waals surface area contributed by atoms with Crippen LogP contribution in [0, 0.1) is 0 Å². The average Bonchev–Trinajstić information content (AvgIpc) is 2.89. The van der Waals surface area contributed by atoms with E-state index < -0.39 is 30.0 Å². The van der Waals surface area contributed by atoms with Crippen molar-refractivity contribution in [2.24, 2.45) is 0 Å². The Kier molecular flexibility index (Phi) is 16.3. The molecule has 0 spiro atoms. The van der Waals surface area contributed by atoms with E-state index in [-0.39, 0.29) is 81.1 Å². The molecule has 0 aromatic heterocycles. The first kappa shape index (κ1) is 38.1. The van der Waals surface area contributed by atoms with E-state index in [1.54, 1.807) is 48.5 Å². The van der Waals surface area contributed by atoms with Crippen LogP contribution in [0.4, 0.5) is 0 Å². The molecule has 0 fully saturated rings. The average molecular weight is 665 g/mol. The summed E-state index contributed by atoms with van der Waals surface area (Å²) in [6.45, 7) is 0. The summed E-state index contributed by atoms with van der Waals surface area (Å²) >= 11 is 9.77. The Balaban J connectivity index is 0.000000401. The predicted molar refractivity (Wildman–Crippen MR) is 149 cm³/mol. The van der Waals surface area contributed by atoms with Crippen molar-refractivity contribution < 1.29 is 104 Å². The molecule has 0 radical (unpaired) electrons. The van der Waals surface area contributed by atoms with Crippen molar-refractivity contribution in [1.82, 2.24) is 0 Å². The van der Waals surface area contributed by atoms with Gasteiger partial charge >= 0.3 is 69.6 Å². The standard InChI is InChI=1S/2C13H10O5S2.2Na/c2*14-20(15,16)12-8-4-7-11(9-12)18-13(19)17-10-5-2-1-3-6-10;;/h2*1-9H,(H,14,15,16);;/q;;2*+1/p-2. The van der Waals surface area contributed by atoms with E-state index in [9.17, 15) is 25.9 Å². The molecule has 16 heteroatoms. The van der Waals surface area contributed by atoms with Crippen LogP contribution in [0.15, 0.2) is 119 Å². The van der Waals surface area contributed by atoms with Gasteiger partial charge in [-0.3, -0.25) is 0 Å². The number of para-hydroxylation sites is 2. The fourth-order valence-electron chi connectivity index (χ4n) is 2.79. The minimum atomic E-state index is -4.53. The molecule has 0 unspecified atom stereocenters. The van der Waals surface area contributed by atoms with Gasteiger partial charge in [0.05, 0.1) is 9.79 Å². The van der Waals surface area contributed by atoms with E-state index in [0.29, 0.717) is 11.5 Å². The number of ether oxygens (including phenoxy) is 4. The monoisotopic (exact) mass is 664 g/mol. The van der Waals surface area contributed by atoms with Gasteiger partial charge in [-0.2, -0.15) is 0 Å². The van der Waals surface area contributed by atoms with Crippen LogP contribution in [0.3, 0.4) is 0 Å². The summed E-state index contributed by atoms with van der Waals surface area (Å²) in [4.78, 5) is -0.782.